The van der Waals surface area contributed by atoms with Crippen LogP contribution in [0.5, 0.6) is 0 Å². The molecule has 0 aliphatic rings. The van der Waals surface area contributed by atoms with Crippen molar-refractivity contribution in [3.8, 4) is 0 Å². The minimum atomic E-state index is -0.400. The van der Waals surface area contributed by atoms with E-state index in [1.807, 2.05) is 0 Å². The fraction of sp³-hybridized carbons (Fsp3) is 0.111. The Balaban J connectivity index is 3.05. The molecule has 0 unspecified atom stereocenters. The van der Waals surface area contributed by atoms with E-state index < -0.39 is 5.82 Å². The van der Waals surface area contributed by atoms with Crippen molar-refractivity contribution in [2.45, 2.75) is 0 Å². The lowest BCUT2D eigenvalue weighted by Crippen LogP contribution is -1.85. The summed E-state index contributed by atoms with van der Waals surface area (Å²) in [5.41, 5.74) is 1.75. The van der Waals surface area contributed by atoms with Gasteiger partial charge in [0.25, 0.3) is 0 Å². The molecule has 0 spiro atoms. The van der Waals surface area contributed by atoms with Gasteiger partial charge in [-0.05, 0) is 23.3 Å². The van der Waals surface area contributed by atoms with Gasteiger partial charge in [0.15, 0.2) is 0 Å². The van der Waals surface area contributed by atoms with Crippen molar-refractivity contribution in [3.63, 3.8) is 0 Å². The van der Waals surface area contributed by atoms with Gasteiger partial charge in [-0.2, -0.15) is 0 Å². The molecule has 0 heterocycles. The highest BCUT2D eigenvalue weighted by Gasteiger charge is 2.02. The highest BCUT2D eigenvalue weighted by Crippen LogP contribution is 2.21. The summed E-state index contributed by atoms with van der Waals surface area (Å²) < 4.78 is 12.7. The first kappa shape index (κ1) is 9.75. The van der Waals surface area contributed by atoms with E-state index in [4.69, 9.17) is 11.6 Å². The quantitative estimate of drug-likeness (QED) is 0.698. The van der Waals surface area contributed by atoms with Gasteiger partial charge in [0.1, 0.15) is 5.82 Å². The van der Waals surface area contributed by atoms with Crippen LogP contribution in [-0.4, -0.2) is 5.33 Å². The van der Waals surface area contributed by atoms with Crippen LogP contribution in [-0.2, 0) is 0 Å². The molecular formula is C9H7BrClF. The molecule has 0 amide bonds. The number of alkyl halides is 1. The van der Waals surface area contributed by atoms with Gasteiger partial charge in [-0.1, -0.05) is 40.2 Å². The maximum Gasteiger partial charge on any atom is 0.141 e. The van der Waals surface area contributed by atoms with Gasteiger partial charge < -0.3 is 0 Å². The fourth-order valence-electron chi connectivity index (χ4n) is 0.793. The SMILES string of the molecule is C=C(CBr)c1ccc(F)c(Cl)c1. The molecule has 0 aromatic heterocycles. The van der Waals surface area contributed by atoms with Gasteiger partial charge in [0.2, 0.25) is 0 Å². The van der Waals surface area contributed by atoms with Crippen molar-refractivity contribution in [2.75, 3.05) is 5.33 Å². The van der Waals surface area contributed by atoms with Gasteiger partial charge in [-0.25, -0.2) is 4.39 Å². The fourth-order valence-corrected chi connectivity index (χ4v) is 1.30. The molecule has 0 bridgehead atoms. The van der Waals surface area contributed by atoms with E-state index in [0.717, 1.165) is 11.1 Å². The van der Waals surface area contributed by atoms with Gasteiger partial charge in [-0.3, -0.25) is 0 Å². The number of hydrogen-bond donors (Lipinski definition) is 0. The number of allylic oxidation sites excluding steroid dienone is 1. The Labute approximate surface area is 84.2 Å². The number of rotatable bonds is 2. The summed E-state index contributed by atoms with van der Waals surface area (Å²) in [6, 6.07) is 4.57. The highest BCUT2D eigenvalue weighted by molar-refractivity contribution is 9.09. The summed E-state index contributed by atoms with van der Waals surface area (Å²) in [5, 5.41) is 0.796. The van der Waals surface area contributed by atoms with E-state index >= 15 is 0 Å². The number of halogens is 3. The molecule has 3 heteroatoms. The Hall–Kier alpha value is -0.340. The topological polar surface area (TPSA) is 0 Å². The van der Waals surface area contributed by atoms with E-state index in [9.17, 15) is 4.39 Å². The van der Waals surface area contributed by atoms with E-state index in [0.29, 0.717) is 5.33 Å². The normalized spacial score (nSPS) is 9.92. The molecule has 0 saturated carbocycles. The zero-order chi connectivity index (χ0) is 9.14. The Kier molecular flexibility index (Phi) is 3.29. The molecule has 0 fully saturated rings. The van der Waals surface area contributed by atoms with Crippen LogP contribution in [0.4, 0.5) is 4.39 Å². The van der Waals surface area contributed by atoms with Crippen molar-refractivity contribution in [2.24, 2.45) is 0 Å². The summed E-state index contributed by atoms with van der Waals surface area (Å²) in [7, 11) is 0. The second-order valence-corrected chi connectivity index (χ2v) is 3.33. The molecular weight excluding hydrogens is 242 g/mol. The first-order valence-corrected chi connectivity index (χ1v) is 4.84. The summed E-state index contributed by atoms with van der Waals surface area (Å²) in [5.74, 6) is -0.400. The van der Waals surface area contributed by atoms with E-state index in [1.165, 1.54) is 6.07 Å². The molecule has 1 aromatic rings. The Bertz CT molecular complexity index is 309. The average Bonchev–Trinajstić information content (AvgIpc) is 2.08. The molecule has 1 rings (SSSR count). The Morgan fingerprint density at radius 3 is 2.75 bits per heavy atom. The first-order valence-electron chi connectivity index (χ1n) is 3.34. The lowest BCUT2D eigenvalue weighted by molar-refractivity contribution is 0.628. The zero-order valence-electron chi connectivity index (χ0n) is 6.28. The van der Waals surface area contributed by atoms with E-state index in [1.54, 1.807) is 12.1 Å². The lowest BCUT2D eigenvalue weighted by Gasteiger charge is -2.02. The van der Waals surface area contributed by atoms with E-state index in [-0.39, 0.29) is 5.02 Å². The number of hydrogen-bond acceptors (Lipinski definition) is 0. The molecule has 0 aliphatic carbocycles. The highest BCUT2D eigenvalue weighted by atomic mass is 79.9. The first-order chi connectivity index (χ1) is 5.65. The predicted octanol–water partition coefficient (Wildman–Crippen LogP) is 3.89. The van der Waals surface area contributed by atoms with Crippen molar-refractivity contribution in [1.29, 1.82) is 0 Å². The second-order valence-electron chi connectivity index (χ2n) is 2.37. The zero-order valence-corrected chi connectivity index (χ0v) is 8.62. The standard InChI is InChI=1S/C9H7BrClF/c1-6(5-10)7-2-3-9(12)8(11)4-7/h2-4H,1,5H2. The van der Waals surface area contributed by atoms with E-state index in [2.05, 4.69) is 22.5 Å². The summed E-state index contributed by atoms with van der Waals surface area (Å²) in [6.45, 7) is 3.79. The minimum absolute atomic E-state index is 0.134. The molecule has 1 aromatic carbocycles. The van der Waals surface area contributed by atoms with Gasteiger partial charge in [0, 0.05) is 5.33 Å². The largest absolute Gasteiger partial charge is 0.205 e. The lowest BCUT2D eigenvalue weighted by atomic mass is 10.1. The Morgan fingerprint density at radius 2 is 2.25 bits per heavy atom. The molecule has 12 heavy (non-hydrogen) atoms. The van der Waals surface area contributed by atoms with Crippen LogP contribution in [0.1, 0.15) is 5.56 Å². The number of benzene rings is 1. The molecule has 0 N–H and O–H groups in total. The molecule has 0 nitrogen and oxygen atoms in total. The molecule has 0 aliphatic heterocycles. The summed E-state index contributed by atoms with van der Waals surface area (Å²) in [6.07, 6.45) is 0. The third kappa shape index (κ3) is 2.08. The third-order valence-electron chi connectivity index (χ3n) is 1.49. The van der Waals surface area contributed by atoms with Crippen LogP contribution < -0.4 is 0 Å². The van der Waals surface area contributed by atoms with Crippen LogP contribution in [0, 0.1) is 5.82 Å². The second kappa shape index (κ2) is 4.06. The van der Waals surface area contributed by atoms with Crippen LogP contribution in [0.3, 0.4) is 0 Å². The van der Waals surface area contributed by atoms with Crippen LogP contribution in [0.25, 0.3) is 5.57 Å². The average molecular weight is 250 g/mol. The maximum atomic E-state index is 12.7. The molecule has 0 saturated heterocycles. The van der Waals surface area contributed by atoms with Crippen LogP contribution in [0.15, 0.2) is 24.8 Å². The van der Waals surface area contributed by atoms with Gasteiger partial charge in [-0.15, -0.1) is 0 Å². The molecule has 0 radical (unpaired) electrons. The van der Waals surface area contributed by atoms with Gasteiger partial charge >= 0.3 is 0 Å². The van der Waals surface area contributed by atoms with Crippen molar-refractivity contribution < 1.29 is 4.39 Å². The molecule has 0 atom stereocenters. The smallest absolute Gasteiger partial charge is 0.141 e. The van der Waals surface area contributed by atoms with Crippen LogP contribution in [0.2, 0.25) is 5.02 Å². The summed E-state index contributed by atoms with van der Waals surface area (Å²) in [4.78, 5) is 0. The minimum Gasteiger partial charge on any atom is -0.205 e. The molecule has 64 valence electrons. The van der Waals surface area contributed by atoms with Crippen molar-refractivity contribution in [3.05, 3.63) is 41.2 Å². The maximum absolute atomic E-state index is 12.7. The Morgan fingerprint density at radius 1 is 1.58 bits per heavy atom. The van der Waals surface area contributed by atoms with Crippen molar-refractivity contribution >= 4 is 33.1 Å². The van der Waals surface area contributed by atoms with Gasteiger partial charge in [0.05, 0.1) is 5.02 Å². The third-order valence-corrected chi connectivity index (χ3v) is 2.46. The van der Waals surface area contributed by atoms with Crippen molar-refractivity contribution in [1.82, 2.24) is 0 Å². The predicted molar refractivity (Wildman–Crippen MR) is 54.2 cm³/mol. The monoisotopic (exact) mass is 248 g/mol. The van der Waals surface area contributed by atoms with Crippen LogP contribution >= 0.6 is 27.5 Å². The summed E-state index contributed by atoms with van der Waals surface area (Å²) >= 11 is 8.84.